The monoisotopic (exact) mass is 636 g/mol. The Kier molecular flexibility index (Phi) is 5.70. The van der Waals surface area contributed by atoms with Crippen molar-refractivity contribution in [2.24, 2.45) is 0 Å². The molecule has 0 atom stereocenters. The molecule has 0 unspecified atom stereocenters. The van der Waals surface area contributed by atoms with Gasteiger partial charge in [-0.3, -0.25) is 0 Å². The van der Waals surface area contributed by atoms with E-state index in [1.165, 1.54) is 49.2 Å². The zero-order chi connectivity index (χ0) is 32.8. The quantitative estimate of drug-likeness (QED) is 0.180. The van der Waals surface area contributed by atoms with E-state index in [4.69, 9.17) is 8.83 Å². The average molecular weight is 637 g/mol. The molecule has 50 heavy (non-hydrogen) atoms. The molecule has 0 fully saturated rings. The van der Waals surface area contributed by atoms with Crippen molar-refractivity contribution in [3.63, 3.8) is 0 Å². The standard InChI is InChI=1S/C48H28O2/c1-2-12-30(13-3-1)44-36-17-6-8-19-38(36)45(39-20-9-7-18-37(39)44)33-15-10-14-31(27-33)32-22-23-35-40-25-26-42-46(48(40)50-43(35)28-32)41-24-21-29-11-4-5-16-34(29)47(41)49-42/h1-28H. The molecule has 2 aromatic heterocycles. The van der Waals surface area contributed by atoms with Gasteiger partial charge in [-0.1, -0.05) is 133 Å². The fourth-order valence-electron chi connectivity index (χ4n) is 8.21. The van der Waals surface area contributed by atoms with Crippen LogP contribution in [0.2, 0.25) is 0 Å². The molecule has 0 bridgehead atoms. The summed E-state index contributed by atoms with van der Waals surface area (Å²) in [7, 11) is 0. The number of rotatable bonds is 3. The smallest absolute Gasteiger partial charge is 0.147 e. The van der Waals surface area contributed by atoms with Crippen molar-refractivity contribution >= 4 is 76.2 Å². The minimum atomic E-state index is 0.841. The maximum absolute atomic E-state index is 6.73. The lowest BCUT2D eigenvalue weighted by Gasteiger charge is -2.18. The van der Waals surface area contributed by atoms with Crippen LogP contribution in [0.3, 0.4) is 0 Å². The summed E-state index contributed by atoms with van der Waals surface area (Å²) < 4.78 is 13.2. The maximum Gasteiger partial charge on any atom is 0.147 e. The van der Waals surface area contributed by atoms with Gasteiger partial charge in [-0.15, -0.1) is 0 Å². The first-order valence-electron chi connectivity index (χ1n) is 17.1. The van der Waals surface area contributed by atoms with Crippen molar-refractivity contribution in [1.82, 2.24) is 0 Å². The van der Waals surface area contributed by atoms with E-state index in [1.54, 1.807) is 0 Å². The molecule has 9 aromatic carbocycles. The first-order chi connectivity index (χ1) is 24.8. The molecule has 0 amide bonds. The Bertz CT molecular complexity index is 3080. The van der Waals surface area contributed by atoms with Crippen LogP contribution in [0.25, 0.3) is 110 Å². The van der Waals surface area contributed by atoms with Crippen LogP contribution >= 0.6 is 0 Å². The van der Waals surface area contributed by atoms with Gasteiger partial charge in [-0.05, 0) is 96.7 Å². The largest absolute Gasteiger partial charge is 0.455 e. The second kappa shape index (κ2) is 10.4. The van der Waals surface area contributed by atoms with Gasteiger partial charge in [-0.2, -0.15) is 0 Å². The van der Waals surface area contributed by atoms with Gasteiger partial charge in [0.1, 0.15) is 22.3 Å². The van der Waals surface area contributed by atoms with Gasteiger partial charge >= 0.3 is 0 Å². The van der Waals surface area contributed by atoms with Crippen LogP contribution in [0.4, 0.5) is 0 Å². The molecule has 0 saturated heterocycles. The molecule has 2 heteroatoms. The third-order valence-corrected chi connectivity index (χ3v) is 10.4. The summed E-state index contributed by atoms with van der Waals surface area (Å²) in [5, 5.41) is 11.6. The molecule has 0 radical (unpaired) electrons. The summed E-state index contributed by atoms with van der Waals surface area (Å²) >= 11 is 0. The number of hydrogen-bond acceptors (Lipinski definition) is 2. The summed E-state index contributed by atoms with van der Waals surface area (Å²) in [6.07, 6.45) is 0. The third-order valence-electron chi connectivity index (χ3n) is 10.4. The predicted molar refractivity (Wildman–Crippen MR) is 210 cm³/mol. The Morgan fingerprint density at radius 3 is 1.60 bits per heavy atom. The van der Waals surface area contributed by atoms with E-state index in [2.05, 4.69) is 170 Å². The average Bonchev–Trinajstić information content (AvgIpc) is 3.75. The Morgan fingerprint density at radius 1 is 0.280 bits per heavy atom. The van der Waals surface area contributed by atoms with E-state index < -0.39 is 0 Å². The highest BCUT2D eigenvalue weighted by Gasteiger charge is 2.19. The summed E-state index contributed by atoms with van der Waals surface area (Å²) in [5.41, 5.74) is 10.7. The summed E-state index contributed by atoms with van der Waals surface area (Å²) in [6.45, 7) is 0. The zero-order valence-corrected chi connectivity index (χ0v) is 27.0. The van der Waals surface area contributed by atoms with Crippen LogP contribution in [0.5, 0.6) is 0 Å². The highest BCUT2D eigenvalue weighted by atomic mass is 16.3. The van der Waals surface area contributed by atoms with Crippen LogP contribution in [0, 0.1) is 0 Å². The van der Waals surface area contributed by atoms with E-state index in [1.807, 2.05) is 0 Å². The van der Waals surface area contributed by atoms with Gasteiger partial charge in [-0.25, -0.2) is 0 Å². The fourth-order valence-corrected chi connectivity index (χ4v) is 8.21. The molecule has 0 aliphatic rings. The minimum Gasteiger partial charge on any atom is -0.455 e. The van der Waals surface area contributed by atoms with Crippen molar-refractivity contribution in [1.29, 1.82) is 0 Å². The lowest BCUT2D eigenvalue weighted by atomic mass is 9.85. The number of fused-ring (bicyclic) bond motifs is 11. The van der Waals surface area contributed by atoms with Crippen LogP contribution < -0.4 is 0 Å². The van der Waals surface area contributed by atoms with Crippen molar-refractivity contribution in [2.45, 2.75) is 0 Å². The first kappa shape index (κ1) is 27.3. The number of hydrogen-bond donors (Lipinski definition) is 0. The first-order valence-corrected chi connectivity index (χ1v) is 17.1. The molecular formula is C48H28O2. The lowest BCUT2D eigenvalue weighted by molar-refractivity contribution is 0.665. The van der Waals surface area contributed by atoms with Crippen LogP contribution in [-0.2, 0) is 0 Å². The zero-order valence-electron chi connectivity index (χ0n) is 27.0. The van der Waals surface area contributed by atoms with Crippen molar-refractivity contribution < 1.29 is 8.83 Å². The van der Waals surface area contributed by atoms with Gasteiger partial charge in [0.15, 0.2) is 0 Å². The molecule has 2 nitrogen and oxygen atoms in total. The Balaban J connectivity index is 1.10. The van der Waals surface area contributed by atoms with Gasteiger partial charge in [0, 0.05) is 21.5 Å². The van der Waals surface area contributed by atoms with Crippen molar-refractivity contribution in [3.8, 4) is 33.4 Å². The van der Waals surface area contributed by atoms with E-state index >= 15 is 0 Å². The van der Waals surface area contributed by atoms with Crippen LogP contribution in [-0.4, -0.2) is 0 Å². The maximum atomic E-state index is 6.73. The topological polar surface area (TPSA) is 26.3 Å². The second-order valence-corrected chi connectivity index (χ2v) is 13.2. The van der Waals surface area contributed by atoms with E-state index in [-0.39, 0.29) is 0 Å². The van der Waals surface area contributed by atoms with E-state index in [9.17, 15) is 0 Å². The van der Waals surface area contributed by atoms with Crippen molar-refractivity contribution in [3.05, 3.63) is 170 Å². The SMILES string of the molecule is c1ccc(-c2c3ccccc3c(-c3cccc(-c4ccc5c(c4)oc4c5ccc5oc6c7ccccc7ccc6c54)c3)c3ccccc23)cc1. The Morgan fingerprint density at radius 2 is 0.840 bits per heavy atom. The molecule has 11 aromatic rings. The fraction of sp³-hybridized carbons (Fsp3) is 0. The normalized spacial score (nSPS) is 12.0. The van der Waals surface area contributed by atoms with Gasteiger partial charge < -0.3 is 8.83 Å². The molecular weight excluding hydrogens is 609 g/mol. The molecule has 0 saturated carbocycles. The molecule has 232 valence electrons. The van der Waals surface area contributed by atoms with E-state index in [0.717, 1.165) is 60.4 Å². The molecule has 2 heterocycles. The highest BCUT2D eigenvalue weighted by Crippen LogP contribution is 2.45. The lowest BCUT2D eigenvalue weighted by Crippen LogP contribution is -1.91. The number of furan rings is 2. The van der Waals surface area contributed by atoms with Crippen LogP contribution in [0.15, 0.2) is 179 Å². The number of benzene rings is 9. The minimum absolute atomic E-state index is 0.841. The van der Waals surface area contributed by atoms with Gasteiger partial charge in [0.2, 0.25) is 0 Å². The Hall–Kier alpha value is -6.64. The summed E-state index contributed by atoms with van der Waals surface area (Å²) in [6, 6.07) is 60.8. The van der Waals surface area contributed by atoms with Crippen molar-refractivity contribution in [2.75, 3.05) is 0 Å². The summed E-state index contributed by atoms with van der Waals surface area (Å²) in [5.74, 6) is 0. The predicted octanol–water partition coefficient (Wildman–Crippen LogP) is 13.9. The van der Waals surface area contributed by atoms with Crippen LogP contribution in [0.1, 0.15) is 0 Å². The Labute approximate surface area is 287 Å². The molecule has 0 N–H and O–H groups in total. The second-order valence-electron chi connectivity index (χ2n) is 13.2. The molecule has 0 aliphatic heterocycles. The summed E-state index contributed by atoms with van der Waals surface area (Å²) in [4.78, 5) is 0. The molecule has 0 spiro atoms. The van der Waals surface area contributed by atoms with Gasteiger partial charge in [0.05, 0.1) is 5.39 Å². The molecule has 11 rings (SSSR count). The van der Waals surface area contributed by atoms with Gasteiger partial charge in [0.25, 0.3) is 0 Å². The molecule has 0 aliphatic carbocycles. The third kappa shape index (κ3) is 3.90. The van der Waals surface area contributed by atoms with E-state index in [0.29, 0.717) is 0 Å². The highest BCUT2D eigenvalue weighted by molar-refractivity contribution is 6.25.